The lowest BCUT2D eigenvalue weighted by Crippen LogP contribution is -2.23. The van der Waals surface area contributed by atoms with Crippen LogP contribution in [0.2, 0.25) is 5.02 Å². The van der Waals surface area contributed by atoms with E-state index in [1.54, 1.807) is 7.11 Å². The van der Waals surface area contributed by atoms with E-state index in [-0.39, 0.29) is 6.04 Å². The summed E-state index contributed by atoms with van der Waals surface area (Å²) in [5.41, 5.74) is 2.29. The van der Waals surface area contributed by atoms with Crippen molar-refractivity contribution in [3.05, 3.63) is 62.2 Å². The zero-order valence-corrected chi connectivity index (χ0v) is 15.1. The van der Waals surface area contributed by atoms with E-state index in [0.717, 1.165) is 29.3 Å². The number of hydrogen-bond acceptors (Lipinski definition) is 2. The molecule has 4 heteroatoms. The van der Waals surface area contributed by atoms with Gasteiger partial charge in [-0.25, -0.2) is 0 Å². The van der Waals surface area contributed by atoms with E-state index in [1.165, 1.54) is 9.13 Å². The molecule has 0 bridgehead atoms. The Hall–Kier alpha value is -0.780. The Labute approximate surface area is 145 Å². The first kappa shape index (κ1) is 16.6. The Morgan fingerprint density at radius 3 is 2.71 bits per heavy atom. The summed E-state index contributed by atoms with van der Waals surface area (Å²) >= 11 is 8.52. The van der Waals surface area contributed by atoms with Crippen LogP contribution in [-0.2, 0) is 0 Å². The monoisotopic (exact) mass is 415 g/mol. The third-order valence-electron chi connectivity index (χ3n) is 3.28. The molecule has 0 aliphatic rings. The first-order valence-corrected chi connectivity index (χ1v) is 8.43. The summed E-state index contributed by atoms with van der Waals surface area (Å²) in [5.74, 6) is 0.854. The van der Waals surface area contributed by atoms with Crippen LogP contribution in [-0.4, -0.2) is 13.7 Å². The summed E-state index contributed by atoms with van der Waals surface area (Å²) in [6.45, 7) is 3.10. The van der Waals surface area contributed by atoms with Crippen molar-refractivity contribution in [2.45, 2.75) is 19.4 Å². The number of hydrogen-bond donors (Lipinski definition) is 1. The molecule has 1 atom stereocenters. The summed E-state index contributed by atoms with van der Waals surface area (Å²) in [6, 6.07) is 14.3. The molecule has 2 nitrogen and oxygen atoms in total. The van der Waals surface area contributed by atoms with Gasteiger partial charge in [-0.15, -0.1) is 0 Å². The van der Waals surface area contributed by atoms with Crippen LogP contribution in [0.5, 0.6) is 5.75 Å². The van der Waals surface area contributed by atoms with E-state index in [4.69, 9.17) is 16.3 Å². The molecule has 1 N–H and O–H groups in total. The predicted octanol–water partition coefficient (Wildman–Crippen LogP) is 5.04. The van der Waals surface area contributed by atoms with Crippen LogP contribution in [0.3, 0.4) is 0 Å². The molecule has 0 aliphatic heterocycles. The number of methoxy groups -OCH3 is 1. The van der Waals surface area contributed by atoms with Crippen LogP contribution in [0, 0.1) is 3.57 Å². The normalized spacial score (nSPS) is 12.2. The Morgan fingerprint density at radius 1 is 1.24 bits per heavy atom. The van der Waals surface area contributed by atoms with Gasteiger partial charge in [0.1, 0.15) is 5.75 Å². The number of benzene rings is 2. The molecule has 0 amide bonds. The number of nitrogens with one attached hydrogen (secondary N) is 1. The minimum absolute atomic E-state index is 0.0771. The topological polar surface area (TPSA) is 21.3 Å². The van der Waals surface area contributed by atoms with Gasteiger partial charge in [0.25, 0.3) is 0 Å². The third kappa shape index (κ3) is 4.34. The van der Waals surface area contributed by atoms with Crippen LogP contribution >= 0.6 is 34.2 Å². The van der Waals surface area contributed by atoms with Gasteiger partial charge in [0, 0.05) is 14.2 Å². The maximum absolute atomic E-state index is 6.19. The first-order chi connectivity index (χ1) is 10.2. The second kappa shape index (κ2) is 8.01. The standard InChI is InChI=1S/C17H19ClINO/c1-3-9-20-17(12-5-4-6-14(19)10-12)15-11-13(18)7-8-16(15)21-2/h4-8,10-11,17,20H,3,9H2,1-2H3. The van der Waals surface area contributed by atoms with Crippen molar-refractivity contribution < 1.29 is 4.74 Å². The maximum Gasteiger partial charge on any atom is 0.124 e. The molecular weight excluding hydrogens is 397 g/mol. The van der Waals surface area contributed by atoms with E-state index in [9.17, 15) is 0 Å². The molecule has 0 heterocycles. The zero-order chi connectivity index (χ0) is 15.2. The molecule has 112 valence electrons. The molecular formula is C17H19ClINO. The Kier molecular flexibility index (Phi) is 6.33. The van der Waals surface area contributed by atoms with Crippen LogP contribution in [0.15, 0.2) is 42.5 Å². The van der Waals surface area contributed by atoms with Crippen molar-refractivity contribution in [3.8, 4) is 5.75 Å². The first-order valence-electron chi connectivity index (χ1n) is 6.98. The van der Waals surface area contributed by atoms with Crippen molar-refractivity contribution >= 4 is 34.2 Å². The molecule has 0 saturated carbocycles. The fourth-order valence-electron chi connectivity index (χ4n) is 2.31. The van der Waals surface area contributed by atoms with E-state index in [1.807, 2.05) is 18.2 Å². The van der Waals surface area contributed by atoms with Crippen molar-refractivity contribution in [1.82, 2.24) is 5.32 Å². The molecule has 0 aliphatic carbocycles. The number of ether oxygens (including phenoxy) is 1. The molecule has 2 aromatic carbocycles. The highest BCUT2D eigenvalue weighted by molar-refractivity contribution is 14.1. The molecule has 1 unspecified atom stereocenters. The van der Waals surface area contributed by atoms with E-state index >= 15 is 0 Å². The fraction of sp³-hybridized carbons (Fsp3) is 0.294. The van der Waals surface area contributed by atoms with E-state index < -0.39 is 0 Å². The van der Waals surface area contributed by atoms with Gasteiger partial charge in [-0.1, -0.05) is 30.7 Å². The lowest BCUT2D eigenvalue weighted by molar-refractivity contribution is 0.404. The van der Waals surface area contributed by atoms with E-state index in [2.05, 4.69) is 59.1 Å². The third-order valence-corrected chi connectivity index (χ3v) is 4.19. The zero-order valence-electron chi connectivity index (χ0n) is 12.2. The molecule has 0 spiro atoms. The Bertz CT molecular complexity index is 603. The van der Waals surface area contributed by atoms with Crippen molar-refractivity contribution in [2.24, 2.45) is 0 Å². The Balaban J connectivity index is 2.47. The van der Waals surface area contributed by atoms with Gasteiger partial charge < -0.3 is 10.1 Å². The lowest BCUT2D eigenvalue weighted by atomic mass is 9.97. The highest BCUT2D eigenvalue weighted by Gasteiger charge is 2.18. The molecule has 2 aromatic rings. The van der Waals surface area contributed by atoms with Crippen LogP contribution in [0.1, 0.15) is 30.5 Å². The largest absolute Gasteiger partial charge is 0.496 e. The summed E-state index contributed by atoms with van der Waals surface area (Å²) in [5, 5.41) is 4.31. The van der Waals surface area contributed by atoms with Gasteiger partial charge in [-0.2, -0.15) is 0 Å². The maximum atomic E-state index is 6.19. The smallest absolute Gasteiger partial charge is 0.124 e. The van der Waals surface area contributed by atoms with E-state index in [0.29, 0.717) is 0 Å². The molecule has 0 aromatic heterocycles. The molecule has 0 radical (unpaired) electrons. The fourth-order valence-corrected chi connectivity index (χ4v) is 3.06. The van der Waals surface area contributed by atoms with Crippen LogP contribution in [0.25, 0.3) is 0 Å². The quantitative estimate of drug-likeness (QED) is 0.667. The molecule has 0 fully saturated rings. The van der Waals surface area contributed by atoms with Gasteiger partial charge >= 0.3 is 0 Å². The van der Waals surface area contributed by atoms with Crippen molar-refractivity contribution in [3.63, 3.8) is 0 Å². The minimum atomic E-state index is 0.0771. The van der Waals surface area contributed by atoms with Crippen LogP contribution < -0.4 is 10.1 Å². The number of rotatable bonds is 6. The lowest BCUT2D eigenvalue weighted by Gasteiger charge is -2.22. The highest BCUT2D eigenvalue weighted by Crippen LogP contribution is 2.32. The SMILES string of the molecule is CCCNC(c1cccc(I)c1)c1cc(Cl)ccc1OC. The molecule has 2 rings (SSSR count). The van der Waals surface area contributed by atoms with Crippen molar-refractivity contribution in [1.29, 1.82) is 0 Å². The van der Waals surface area contributed by atoms with Gasteiger partial charge in [0.15, 0.2) is 0 Å². The average molecular weight is 416 g/mol. The summed E-state index contributed by atoms with van der Waals surface area (Å²) in [6.07, 6.45) is 1.07. The Morgan fingerprint density at radius 2 is 2.05 bits per heavy atom. The van der Waals surface area contributed by atoms with Gasteiger partial charge in [0.05, 0.1) is 13.2 Å². The molecule has 21 heavy (non-hydrogen) atoms. The van der Waals surface area contributed by atoms with Gasteiger partial charge in [-0.3, -0.25) is 0 Å². The predicted molar refractivity (Wildman–Crippen MR) is 97.3 cm³/mol. The second-order valence-corrected chi connectivity index (χ2v) is 6.51. The highest BCUT2D eigenvalue weighted by atomic mass is 127. The van der Waals surface area contributed by atoms with Gasteiger partial charge in [-0.05, 0) is 71.5 Å². The average Bonchev–Trinajstić information content (AvgIpc) is 2.48. The van der Waals surface area contributed by atoms with Crippen molar-refractivity contribution in [2.75, 3.05) is 13.7 Å². The number of halogens is 2. The summed E-state index contributed by atoms with van der Waals surface area (Å²) in [4.78, 5) is 0. The van der Waals surface area contributed by atoms with Gasteiger partial charge in [0.2, 0.25) is 0 Å². The minimum Gasteiger partial charge on any atom is -0.496 e. The summed E-state index contributed by atoms with van der Waals surface area (Å²) < 4.78 is 6.73. The second-order valence-electron chi connectivity index (χ2n) is 4.83. The molecule has 0 saturated heterocycles. The summed E-state index contributed by atoms with van der Waals surface area (Å²) in [7, 11) is 1.69. The van der Waals surface area contributed by atoms with Crippen LogP contribution in [0.4, 0.5) is 0 Å².